The minimum absolute atomic E-state index is 0.687. The molecule has 0 radical (unpaired) electrons. The summed E-state index contributed by atoms with van der Waals surface area (Å²) < 4.78 is 1.13. The first-order valence-electron chi connectivity index (χ1n) is 5.71. The summed E-state index contributed by atoms with van der Waals surface area (Å²) in [7, 11) is 0. The van der Waals surface area contributed by atoms with Crippen molar-refractivity contribution in [2.45, 2.75) is 0 Å². The van der Waals surface area contributed by atoms with Crippen LogP contribution in [-0.4, -0.2) is 16.4 Å². The summed E-state index contributed by atoms with van der Waals surface area (Å²) in [6.07, 6.45) is 4.24. The number of hydrogen-bond acceptors (Lipinski definition) is 2. The number of anilines is 1. The van der Waals surface area contributed by atoms with Crippen molar-refractivity contribution in [2.75, 3.05) is 5.32 Å². The highest BCUT2D eigenvalue weighted by molar-refractivity contribution is 14.1. The van der Waals surface area contributed by atoms with Crippen LogP contribution in [0, 0.1) is 3.57 Å². The lowest BCUT2D eigenvalue weighted by Gasteiger charge is -2.02. The summed E-state index contributed by atoms with van der Waals surface area (Å²) in [5.41, 5.74) is 3.71. The van der Waals surface area contributed by atoms with Crippen LogP contribution in [0.4, 0.5) is 5.69 Å². The molecule has 3 aromatic rings. The van der Waals surface area contributed by atoms with E-state index in [1.54, 1.807) is 6.20 Å². The van der Waals surface area contributed by atoms with Gasteiger partial charge in [-0.2, -0.15) is 0 Å². The van der Waals surface area contributed by atoms with Gasteiger partial charge in [-0.05, 0) is 52.9 Å². The number of fused-ring (bicyclic) bond motifs is 1. The summed E-state index contributed by atoms with van der Waals surface area (Å²) in [4.78, 5) is 18.1. The van der Waals surface area contributed by atoms with E-state index in [0.717, 1.165) is 31.4 Å². The number of pyridine rings is 1. The monoisotopic (exact) mass is 363 g/mol. The molecule has 2 aromatic heterocycles. The van der Waals surface area contributed by atoms with Gasteiger partial charge in [0.25, 0.3) is 0 Å². The third kappa shape index (κ3) is 2.21. The zero-order chi connectivity index (χ0) is 13.2. The number of aromatic nitrogens is 2. The van der Waals surface area contributed by atoms with Crippen LogP contribution in [0.15, 0.2) is 42.7 Å². The number of rotatable bonds is 3. The van der Waals surface area contributed by atoms with Gasteiger partial charge < -0.3 is 10.3 Å². The third-order valence-electron chi connectivity index (χ3n) is 2.93. The Bertz CT molecular complexity index is 737. The van der Waals surface area contributed by atoms with E-state index in [9.17, 15) is 4.79 Å². The molecule has 0 fully saturated rings. The maximum Gasteiger partial charge on any atom is 0.211 e. The average molecular weight is 363 g/mol. The number of carbonyl (C=O) groups excluding carboxylic acids is 1. The quantitative estimate of drug-likeness (QED) is 0.554. The summed E-state index contributed by atoms with van der Waals surface area (Å²) in [6.45, 7) is 0. The molecule has 1 aromatic carbocycles. The van der Waals surface area contributed by atoms with E-state index < -0.39 is 0 Å². The van der Waals surface area contributed by atoms with E-state index in [1.807, 2.05) is 30.5 Å². The van der Waals surface area contributed by atoms with Gasteiger partial charge in [-0.1, -0.05) is 0 Å². The van der Waals surface area contributed by atoms with Crippen LogP contribution in [0.3, 0.4) is 0 Å². The molecule has 0 bridgehead atoms. The van der Waals surface area contributed by atoms with E-state index >= 15 is 0 Å². The number of amides is 1. The molecule has 0 saturated carbocycles. The van der Waals surface area contributed by atoms with Crippen LogP contribution in [0.25, 0.3) is 22.2 Å². The van der Waals surface area contributed by atoms with Gasteiger partial charge in [0.1, 0.15) is 0 Å². The smallest absolute Gasteiger partial charge is 0.211 e. The van der Waals surface area contributed by atoms with Crippen molar-refractivity contribution in [1.29, 1.82) is 0 Å². The number of benzene rings is 1. The molecule has 0 spiro atoms. The van der Waals surface area contributed by atoms with Gasteiger partial charge in [-0.3, -0.25) is 9.78 Å². The Morgan fingerprint density at radius 2 is 2.21 bits per heavy atom. The van der Waals surface area contributed by atoms with Crippen LogP contribution in [0.1, 0.15) is 0 Å². The first-order valence-corrected chi connectivity index (χ1v) is 6.79. The molecule has 0 saturated heterocycles. The molecule has 0 aliphatic heterocycles. The zero-order valence-electron chi connectivity index (χ0n) is 9.85. The molecular formula is C14H10IN3O. The van der Waals surface area contributed by atoms with Crippen molar-refractivity contribution in [3.05, 3.63) is 46.3 Å². The molecule has 4 nitrogen and oxygen atoms in total. The SMILES string of the molecule is O=CNc1ccc(I)c2cc(-c3cccnc3)[nH]c12. The normalized spacial score (nSPS) is 10.6. The van der Waals surface area contributed by atoms with Gasteiger partial charge in [0, 0.05) is 32.6 Å². The number of aromatic amines is 1. The van der Waals surface area contributed by atoms with Crippen molar-refractivity contribution in [3.8, 4) is 11.3 Å². The Morgan fingerprint density at radius 3 is 2.95 bits per heavy atom. The Hall–Kier alpha value is -1.89. The maximum absolute atomic E-state index is 10.6. The van der Waals surface area contributed by atoms with E-state index in [4.69, 9.17) is 0 Å². The first-order chi connectivity index (χ1) is 9.29. The number of carbonyl (C=O) groups is 1. The second-order valence-corrected chi connectivity index (χ2v) is 5.23. The van der Waals surface area contributed by atoms with Gasteiger partial charge in [-0.15, -0.1) is 0 Å². The highest BCUT2D eigenvalue weighted by Crippen LogP contribution is 2.31. The van der Waals surface area contributed by atoms with Gasteiger partial charge >= 0.3 is 0 Å². The fourth-order valence-corrected chi connectivity index (χ4v) is 2.65. The second-order valence-electron chi connectivity index (χ2n) is 4.07. The maximum atomic E-state index is 10.6. The van der Waals surface area contributed by atoms with E-state index in [1.165, 1.54) is 0 Å². The van der Waals surface area contributed by atoms with Crippen molar-refractivity contribution in [1.82, 2.24) is 9.97 Å². The Balaban J connectivity index is 2.22. The number of nitrogens with one attached hydrogen (secondary N) is 2. The minimum Gasteiger partial charge on any atom is -0.353 e. The highest BCUT2D eigenvalue weighted by Gasteiger charge is 2.09. The largest absolute Gasteiger partial charge is 0.353 e. The molecule has 19 heavy (non-hydrogen) atoms. The highest BCUT2D eigenvalue weighted by atomic mass is 127. The van der Waals surface area contributed by atoms with E-state index in [2.05, 4.69) is 43.9 Å². The van der Waals surface area contributed by atoms with Crippen LogP contribution in [-0.2, 0) is 4.79 Å². The molecule has 0 unspecified atom stereocenters. The predicted molar refractivity (Wildman–Crippen MR) is 83.9 cm³/mol. The summed E-state index contributed by atoms with van der Waals surface area (Å²) in [6, 6.07) is 9.84. The lowest BCUT2D eigenvalue weighted by Crippen LogP contribution is -1.94. The lowest BCUT2D eigenvalue weighted by molar-refractivity contribution is -0.105. The topological polar surface area (TPSA) is 57.8 Å². The summed E-state index contributed by atoms with van der Waals surface area (Å²) >= 11 is 2.28. The van der Waals surface area contributed by atoms with Crippen molar-refractivity contribution < 1.29 is 4.79 Å². The predicted octanol–water partition coefficient (Wildman–Crippen LogP) is 3.40. The fourth-order valence-electron chi connectivity index (χ4n) is 2.05. The van der Waals surface area contributed by atoms with Crippen molar-refractivity contribution in [2.24, 2.45) is 0 Å². The van der Waals surface area contributed by atoms with Crippen LogP contribution in [0.2, 0.25) is 0 Å². The summed E-state index contributed by atoms with van der Waals surface area (Å²) in [5, 5.41) is 3.80. The average Bonchev–Trinajstić information content (AvgIpc) is 2.89. The Morgan fingerprint density at radius 1 is 1.32 bits per heavy atom. The molecule has 2 N–H and O–H groups in total. The molecule has 0 aliphatic rings. The number of hydrogen-bond donors (Lipinski definition) is 2. The van der Waals surface area contributed by atoms with Gasteiger partial charge in [0.2, 0.25) is 6.41 Å². The fraction of sp³-hybridized carbons (Fsp3) is 0. The van der Waals surface area contributed by atoms with E-state index in [-0.39, 0.29) is 0 Å². The molecule has 5 heteroatoms. The van der Waals surface area contributed by atoms with Gasteiger partial charge in [0.05, 0.1) is 11.2 Å². The van der Waals surface area contributed by atoms with Crippen LogP contribution >= 0.6 is 22.6 Å². The summed E-state index contributed by atoms with van der Waals surface area (Å²) in [5.74, 6) is 0. The van der Waals surface area contributed by atoms with Crippen LogP contribution in [0.5, 0.6) is 0 Å². The molecule has 1 amide bonds. The third-order valence-corrected chi connectivity index (χ3v) is 3.87. The number of H-pyrrole nitrogens is 1. The Labute approximate surface area is 123 Å². The van der Waals surface area contributed by atoms with Crippen molar-refractivity contribution >= 4 is 45.6 Å². The standard InChI is InChI=1S/C14H10IN3O/c15-11-3-4-12(17-8-19)14-10(11)6-13(18-14)9-2-1-5-16-7-9/h1-8,18H,(H,17,19). The van der Waals surface area contributed by atoms with Crippen LogP contribution < -0.4 is 5.32 Å². The molecule has 0 atom stereocenters. The zero-order valence-corrected chi connectivity index (χ0v) is 12.0. The van der Waals surface area contributed by atoms with Crippen molar-refractivity contribution in [3.63, 3.8) is 0 Å². The minimum atomic E-state index is 0.687. The molecule has 2 heterocycles. The number of nitrogens with zero attached hydrogens (tertiary/aromatic N) is 1. The first kappa shape index (κ1) is 12.2. The molecular weight excluding hydrogens is 353 g/mol. The van der Waals surface area contributed by atoms with Gasteiger partial charge in [0.15, 0.2) is 0 Å². The molecule has 0 aliphatic carbocycles. The lowest BCUT2D eigenvalue weighted by atomic mass is 10.2. The van der Waals surface area contributed by atoms with E-state index in [0.29, 0.717) is 6.41 Å². The second kappa shape index (κ2) is 5.00. The Kier molecular flexibility index (Phi) is 3.20. The molecule has 94 valence electrons. The molecule has 3 rings (SSSR count). The van der Waals surface area contributed by atoms with Gasteiger partial charge in [-0.25, -0.2) is 0 Å². The number of halogens is 1.